The number of hydrazone groups is 1. The van der Waals surface area contributed by atoms with Gasteiger partial charge in [-0.2, -0.15) is 5.10 Å². The highest BCUT2D eigenvalue weighted by molar-refractivity contribution is 8.00. The lowest BCUT2D eigenvalue weighted by Crippen LogP contribution is -2.28. The Balaban J connectivity index is 1.56. The van der Waals surface area contributed by atoms with Gasteiger partial charge in [0.05, 0.1) is 17.5 Å². The first-order valence-electron chi connectivity index (χ1n) is 9.79. The van der Waals surface area contributed by atoms with Gasteiger partial charge in [0, 0.05) is 17.8 Å². The third kappa shape index (κ3) is 6.32. The van der Waals surface area contributed by atoms with Crippen LogP contribution in [0.25, 0.3) is 0 Å². The number of aryl methyl sites for hydroxylation is 1. The number of hydrogen-bond acceptors (Lipinski definition) is 6. The third-order valence-electron chi connectivity index (χ3n) is 4.65. The van der Waals surface area contributed by atoms with E-state index >= 15 is 0 Å². The minimum Gasteiger partial charge on any atom is -0.378 e. The normalized spacial score (nSPS) is 12.5. The molecule has 0 aliphatic rings. The first-order valence-corrected chi connectivity index (χ1v) is 11.0. The maximum absolute atomic E-state index is 12.5. The van der Waals surface area contributed by atoms with Crippen LogP contribution < -0.4 is 10.7 Å². The molecule has 1 amide bonds. The molecule has 0 saturated carbocycles. The second-order valence-electron chi connectivity index (χ2n) is 7.12. The molecule has 0 fully saturated rings. The molecule has 3 aromatic rings. The van der Waals surface area contributed by atoms with Crippen molar-refractivity contribution < 1.29 is 4.79 Å². The quantitative estimate of drug-likeness (QED) is 0.298. The minimum absolute atomic E-state index is 0.196. The Kier molecular flexibility index (Phi) is 7.70. The molecule has 0 saturated heterocycles. The average molecular weight is 457 g/mol. The maximum atomic E-state index is 12.5. The monoisotopic (exact) mass is 456 g/mol. The van der Waals surface area contributed by atoms with Crippen LogP contribution in [0.4, 0.5) is 5.69 Å². The van der Waals surface area contributed by atoms with Gasteiger partial charge >= 0.3 is 0 Å². The van der Waals surface area contributed by atoms with Crippen molar-refractivity contribution in [2.45, 2.75) is 37.7 Å². The molecule has 0 spiro atoms. The number of rotatable bonds is 8. The number of hydrogen-bond donors (Lipinski definition) is 2. The van der Waals surface area contributed by atoms with Crippen molar-refractivity contribution in [2.24, 2.45) is 12.1 Å². The van der Waals surface area contributed by atoms with Crippen molar-refractivity contribution in [3.63, 3.8) is 0 Å². The molecule has 0 aliphatic carbocycles. The molecule has 1 atom stereocenters. The zero-order valence-corrected chi connectivity index (χ0v) is 19.5. The standard InChI is InChI=1S/C22H25ClN6OS/c1-14-8-10-17(11-9-14)15(2)25-27-21(30)16(3)31-22-28-26-20(29(22)4)13-24-19-7-5-6-18(23)12-19/h5-12,16,24H,13H2,1-4H3,(H,27,30)/t16-/m1/s1. The first-order chi connectivity index (χ1) is 14.8. The summed E-state index contributed by atoms with van der Waals surface area (Å²) in [5.41, 5.74) is 6.44. The molecule has 2 N–H and O–H groups in total. The van der Waals surface area contributed by atoms with Crippen molar-refractivity contribution in [3.8, 4) is 0 Å². The summed E-state index contributed by atoms with van der Waals surface area (Å²) < 4.78 is 1.87. The van der Waals surface area contributed by atoms with E-state index in [1.54, 1.807) is 0 Å². The molecule has 0 aliphatic heterocycles. The van der Waals surface area contributed by atoms with Crippen LogP contribution in [0.2, 0.25) is 5.02 Å². The first kappa shape index (κ1) is 22.8. The number of nitrogens with zero attached hydrogens (tertiary/aromatic N) is 4. The molecular weight excluding hydrogens is 432 g/mol. The summed E-state index contributed by atoms with van der Waals surface area (Å²) in [6, 6.07) is 15.5. The molecule has 0 radical (unpaired) electrons. The Bertz CT molecular complexity index is 1080. The number of carbonyl (C=O) groups excluding carboxylic acids is 1. The molecular formula is C22H25ClN6OS. The fourth-order valence-electron chi connectivity index (χ4n) is 2.68. The van der Waals surface area contributed by atoms with Gasteiger partial charge in [0.25, 0.3) is 5.91 Å². The largest absolute Gasteiger partial charge is 0.378 e. The van der Waals surface area contributed by atoms with Crippen LogP contribution in [-0.2, 0) is 18.4 Å². The number of nitrogens with one attached hydrogen (secondary N) is 2. The highest BCUT2D eigenvalue weighted by Crippen LogP contribution is 2.22. The number of anilines is 1. The van der Waals surface area contributed by atoms with E-state index in [1.807, 2.05) is 80.9 Å². The van der Waals surface area contributed by atoms with Crippen LogP contribution in [0.1, 0.15) is 30.8 Å². The van der Waals surface area contributed by atoms with Crippen LogP contribution in [0, 0.1) is 6.92 Å². The van der Waals surface area contributed by atoms with Gasteiger partial charge in [-0.15, -0.1) is 10.2 Å². The summed E-state index contributed by atoms with van der Waals surface area (Å²) in [7, 11) is 1.88. The van der Waals surface area contributed by atoms with Crippen LogP contribution in [0.5, 0.6) is 0 Å². The Hall–Kier alpha value is -2.84. The summed E-state index contributed by atoms with van der Waals surface area (Å²) >= 11 is 7.34. The molecule has 7 nitrogen and oxygen atoms in total. The van der Waals surface area contributed by atoms with Gasteiger partial charge in [-0.05, 0) is 44.5 Å². The van der Waals surface area contributed by atoms with E-state index in [4.69, 9.17) is 11.6 Å². The summed E-state index contributed by atoms with van der Waals surface area (Å²) in [6.07, 6.45) is 0. The number of benzene rings is 2. The topological polar surface area (TPSA) is 84.2 Å². The van der Waals surface area contributed by atoms with Crippen molar-refractivity contribution in [2.75, 3.05) is 5.32 Å². The second-order valence-corrected chi connectivity index (χ2v) is 8.87. The molecule has 31 heavy (non-hydrogen) atoms. The van der Waals surface area contributed by atoms with Crippen LogP contribution >= 0.6 is 23.4 Å². The smallest absolute Gasteiger partial charge is 0.253 e. The minimum atomic E-state index is -0.383. The van der Waals surface area contributed by atoms with Crippen LogP contribution in [0.3, 0.4) is 0 Å². The number of carbonyl (C=O) groups is 1. The zero-order chi connectivity index (χ0) is 22.4. The second kappa shape index (κ2) is 10.5. The zero-order valence-electron chi connectivity index (χ0n) is 17.9. The lowest BCUT2D eigenvalue weighted by Gasteiger charge is -2.10. The SMILES string of the molecule is CC(=NNC(=O)[C@@H](C)Sc1nnc(CNc2cccc(Cl)c2)n1C)c1ccc(C)cc1. The van der Waals surface area contributed by atoms with Crippen LogP contribution in [-0.4, -0.2) is 31.6 Å². The Morgan fingerprint density at radius 3 is 2.68 bits per heavy atom. The molecule has 9 heteroatoms. The molecule has 162 valence electrons. The number of amides is 1. The van der Waals surface area contributed by atoms with Crippen molar-refractivity contribution in [1.82, 2.24) is 20.2 Å². The van der Waals surface area contributed by atoms with Gasteiger partial charge in [0.2, 0.25) is 0 Å². The fraction of sp³-hybridized carbons (Fsp3) is 0.273. The Morgan fingerprint density at radius 2 is 1.97 bits per heavy atom. The highest BCUT2D eigenvalue weighted by Gasteiger charge is 2.18. The van der Waals surface area contributed by atoms with E-state index in [0.29, 0.717) is 16.7 Å². The molecule has 1 heterocycles. The summed E-state index contributed by atoms with van der Waals surface area (Å²) in [5.74, 6) is 0.557. The molecule has 0 unspecified atom stereocenters. The van der Waals surface area contributed by atoms with Crippen LogP contribution in [0.15, 0.2) is 58.8 Å². The van der Waals surface area contributed by atoms with E-state index < -0.39 is 0 Å². The maximum Gasteiger partial charge on any atom is 0.253 e. The van der Waals surface area contributed by atoms with Gasteiger partial charge in [-0.25, -0.2) is 5.43 Å². The number of aromatic nitrogens is 3. The predicted molar refractivity (Wildman–Crippen MR) is 127 cm³/mol. The predicted octanol–water partition coefficient (Wildman–Crippen LogP) is 4.41. The third-order valence-corrected chi connectivity index (χ3v) is 6.02. The number of halogens is 1. The Labute approximate surface area is 191 Å². The lowest BCUT2D eigenvalue weighted by molar-refractivity contribution is -0.120. The van der Waals surface area contributed by atoms with E-state index in [-0.39, 0.29) is 11.2 Å². The molecule has 1 aromatic heterocycles. The highest BCUT2D eigenvalue weighted by atomic mass is 35.5. The van der Waals surface area contributed by atoms with E-state index in [2.05, 4.69) is 26.0 Å². The van der Waals surface area contributed by atoms with Crippen molar-refractivity contribution in [3.05, 3.63) is 70.5 Å². The molecule has 3 rings (SSSR count). The number of thioether (sulfide) groups is 1. The lowest BCUT2D eigenvalue weighted by atomic mass is 10.1. The van der Waals surface area contributed by atoms with E-state index in [9.17, 15) is 4.79 Å². The average Bonchev–Trinajstić information content (AvgIpc) is 3.10. The van der Waals surface area contributed by atoms with Gasteiger partial charge in [-0.1, -0.05) is 59.3 Å². The van der Waals surface area contributed by atoms with Gasteiger partial charge < -0.3 is 9.88 Å². The summed E-state index contributed by atoms with van der Waals surface area (Å²) in [4.78, 5) is 12.5. The summed E-state index contributed by atoms with van der Waals surface area (Å²) in [6.45, 7) is 6.20. The molecule has 2 aromatic carbocycles. The fourth-order valence-corrected chi connectivity index (χ4v) is 3.70. The molecule has 0 bridgehead atoms. The van der Waals surface area contributed by atoms with E-state index in [0.717, 1.165) is 22.8 Å². The van der Waals surface area contributed by atoms with Gasteiger partial charge in [0.1, 0.15) is 0 Å². The van der Waals surface area contributed by atoms with Crippen molar-refractivity contribution in [1.29, 1.82) is 0 Å². The van der Waals surface area contributed by atoms with Gasteiger partial charge in [0.15, 0.2) is 11.0 Å². The van der Waals surface area contributed by atoms with Crippen molar-refractivity contribution >= 4 is 40.7 Å². The summed E-state index contributed by atoms with van der Waals surface area (Å²) in [5, 5.41) is 16.9. The van der Waals surface area contributed by atoms with Gasteiger partial charge in [-0.3, -0.25) is 4.79 Å². The Morgan fingerprint density at radius 1 is 1.23 bits per heavy atom. The van der Waals surface area contributed by atoms with E-state index in [1.165, 1.54) is 17.3 Å².